The van der Waals surface area contributed by atoms with Gasteiger partial charge in [-0.05, 0) is 54.7 Å². The molecule has 0 saturated carbocycles. The molecule has 9 aromatic carbocycles. The smallest absolute Gasteiger partial charge is 0.340 e. The molecule has 14 rings (SSSR count). The SMILES string of the molecule is [Pt+2].[c-]1c(N2c3ncccc3[Si](c3ccccc3)(c3ccccc3)c3ccc4c(sc5ccccc54)c32)cccc1[Si](c1[c-]c2c(cc1)c1ccccc1n1ccnc21)(c1ccccc1)c1ccccc1. The first-order chi connectivity index (χ1) is 34.2. The standard InChI is InChI=1S/C62H40N4SSi2.Pt/c1-5-20-44(21-6-1)68(45-22-7-2-8-23-45,49-34-35-50-51-29-13-15-31-55(51)65-40-39-64-61(65)54(50)42-49)48-28-17-19-43(41-48)66-59-57(37-36-53-52-30-14-16-32-56(52)67-60(53)59)69(46-24-9-3-10-25-46,47-26-11-4-12-27-47)58-33-18-38-63-62(58)66;/h1-40H;/q-2;+2. The van der Waals surface area contributed by atoms with Crippen LogP contribution in [0.1, 0.15) is 0 Å². The fourth-order valence-electron chi connectivity index (χ4n) is 11.6. The van der Waals surface area contributed by atoms with Crippen LogP contribution < -0.4 is 46.4 Å². The van der Waals surface area contributed by atoms with E-state index in [4.69, 9.17) is 9.97 Å². The zero-order valence-electron chi connectivity index (χ0n) is 37.6. The molecule has 0 atom stereocenters. The molecular weight excluding hydrogens is 1080 g/mol. The van der Waals surface area contributed by atoms with Gasteiger partial charge in [0.1, 0.15) is 13.9 Å². The number of aromatic nitrogens is 3. The van der Waals surface area contributed by atoms with Gasteiger partial charge in [0.2, 0.25) is 0 Å². The average Bonchev–Trinajstić information content (AvgIpc) is 4.08. The van der Waals surface area contributed by atoms with Crippen LogP contribution in [0.4, 0.5) is 17.2 Å². The van der Waals surface area contributed by atoms with Crippen molar-refractivity contribution in [2.24, 2.45) is 0 Å². The third kappa shape index (κ3) is 6.09. The van der Waals surface area contributed by atoms with E-state index < -0.39 is 16.1 Å². The van der Waals surface area contributed by atoms with Crippen molar-refractivity contribution in [2.75, 3.05) is 4.90 Å². The number of fused-ring (bicyclic) bond motifs is 12. The first-order valence-corrected chi connectivity index (χ1v) is 28.2. The zero-order chi connectivity index (χ0) is 45.5. The summed E-state index contributed by atoms with van der Waals surface area (Å²) in [5.41, 5.74) is 4.17. The topological polar surface area (TPSA) is 33.4 Å². The molecule has 4 aromatic heterocycles. The van der Waals surface area contributed by atoms with Crippen LogP contribution in [-0.2, 0) is 21.1 Å². The van der Waals surface area contributed by atoms with Gasteiger partial charge in [-0.3, -0.25) is 4.98 Å². The van der Waals surface area contributed by atoms with Gasteiger partial charge in [0.05, 0.1) is 16.0 Å². The summed E-state index contributed by atoms with van der Waals surface area (Å²) >= 11 is 1.88. The van der Waals surface area contributed by atoms with Gasteiger partial charge in [0.25, 0.3) is 0 Å². The Balaban J connectivity index is 0.00000480. The molecule has 5 heterocycles. The number of rotatable bonds is 7. The minimum atomic E-state index is -3.23. The third-order valence-corrected chi connectivity index (χ3v) is 25.1. The molecule has 0 fully saturated rings. The maximum atomic E-state index is 5.47. The van der Waals surface area contributed by atoms with Crippen LogP contribution in [-0.4, -0.2) is 30.5 Å². The van der Waals surface area contributed by atoms with Crippen molar-refractivity contribution < 1.29 is 21.1 Å². The van der Waals surface area contributed by atoms with Gasteiger partial charge in [0.15, 0.2) is 8.07 Å². The van der Waals surface area contributed by atoms with E-state index in [1.54, 1.807) is 0 Å². The number of thiophene rings is 1. The van der Waals surface area contributed by atoms with E-state index in [0.717, 1.165) is 43.8 Å². The fraction of sp³-hybridized carbons (Fsp3) is 0. The second-order valence-electron chi connectivity index (χ2n) is 17.9. The Morgan fingerprint density at radius 3 is 1.83 bits per heavy atom. The number of para-hydroxylation sites is 1. The Morgan fingerprint density at radius 2 is 1.10 bits per heavy atom. The fourth-order valence-corrected chi connectivity index (χ4v) is 22.6. The predicted molar refractivity (Wildman–Crippen MR) is 294 cm³/mol. The van der Waals surface area contributed by atoms with Gasteiger partial charge in [0, 0.05) is 39.6 Å². The van der Waals surface area contributed by atoms with Gasteiger partial charge in [-0.2, -0.15) is 23.4 Å². The van der Waals surface area contributed by atoms with Crippen LogP contribution in [0.25, 0.3) is 47.5 Å². The largest absolute Gasteiger partial charge is 2.00 e. The van der Waals surface area contributed by atoms with Crippen molar-refractivity contribution in [3.05, 3.63) is 255 Å². The van der Waals surface area contributed by atoms with E-state index in [-0.39, 0.29) is 21.1 Å². The van der Waals surface area contributed by atoms with Crippen LogP contribution in [0.5, 0.6) is 0 Å². The van der Waals surface area contributed by atoms with Crippen LogP contribution in [0.15, 0.2) is 243 Å². The molecule has 0 radical (unpaired) electrons. The first-order valence-electron chi connectivity index (χ1n) is 23.4. The van der Waals surface area contributed by atoms with Crippen LogP contribution in [0.2, 0.25) is 0 Å². The normalized spacial score (nSPS) is 13.1. The number of anilines is 3. The number of hydrogen-bond acceptors (Lipinski definition) is 4. The summed E-state index contributed by atoms with van der Waals surface area (Å²) in [5, 5.41) is 15.9. The molecule has 4 nitrogen and oxygen atoms in total. The Labute approximate surface area is 426 Å². The Hall–Kier alpha value is -7.52. The molecule has 1 aliphatic heterocycles. The third-order valence-electron chi connectivity index (χ3n) is 14.5. The van der Waals surface area contributed by atoms with E-state index in [1.807, 2.05) is 23.7 Å². The van der Waals surface area contributed by atoms with E-state index in [9.17, 15) is 0 Å². The van der Waals surface area contributed by atoms with Crippen molar-refractivity contribution in [1.82, 2.24) is 14.4 Å². The second-order valence-corrected chi connectivity index (χ2v) is 26.4. The molecule has 0 aliphatic carbocycles. The van der Waals surface area contributed by atoms with Crippen LogP contribution >= 0.6 is 11.3 Å². The summed E-state index contributed by atoms with van der Waals surface area (Å²) in [5.74, 6) is 0.945. The molecule has 0 amide bonds. The number of nitrogens with zero attached hydrogens (tertiary/aromatic N) is 4. The zero-order valence-corrected chi connectivity index (χ0v) is 42.7. The molecule has 0 N–H and O–H groups in total. The van der Waals surface area contributed by atoms with Crippen LogP contribution in [0, 0.1) is 12.1 Å². The minimum Gasteiger partial charge on any atom is -0.340 e. The summed E-state index contributed by atoms with van der Waals surface area (Å²) in [6, 6.07) is 91.3. The van der Waals surface area contributed by atoms with Gasteiger partial charge in [-0.1, -0.05) is 187 Å². The Kier molecular flexibility index (Phi) is 10.3. The molecule has 0 spiro atoms. The average molecular weight is 1120 g/mol. The second kappa shape index (κ2) is 16.9. The molecule has 13 aromatic rings. The van der Waals surface area contributed by atoms with Gasteiger partial charge in [-0.25, -0.2) is 4.98 Å². The van der Waals surface area contributed by atoms with E-state index in [2.05, 4.69) is 252 Å². The number of imidazole rings is 1. The molecule has 0 saturated heterocycles. The van der Waals surface area contributed by atoms with Crippen molar-refractivity contribution >= 4 is 134 Å². The summed E-state index contributed by atoms with van der Waals surface area (Å²) in [6.45, 7) is 0. The van der Waals surface area contributed by atoms with Crippen molar-refractivity contribution in [3.8, 4) is 0 Å². The van der Waals surface area contributed by atoms with Crippen molar-refractivity contribution in [2.45, 2.75) is 0 Å². The first kappa shape index (κ1) is 42.6. The molecule has 1 aliphatic rings. The number of hydrogen-bond donors (Lipinski definition) is 0. The Bertz CT molecular complexity index is 4030. The van der Waals surface area contributed by atoms with Gasteiger partial charge >= 0.3 is 21.1 Å². The molecule has 332 valence electrons. The molecule has 8 heteroatoms. The summed E-state index contributed by atoms with van der Waals surface area (Å²) < 4.78 is 4.73. The quantitative estimate of drug-likeness (QED) is 0.0691. The molecule has 0 bridgehead atoms. The van der Waals surface area contributed by atoms with Crippen molar-refractivity contribution in [3.63, 3.8) is 0 Å². The van der Waals surface area contributed by atoms with Gasteiger partial charge < -0.3 is 9.30 Å². The van der Waals surface area contributed by atoms with E-state index in [0.29, 0.717) is 0 Å². The summed E-state index contributed by atoms with van der Waals surface area (Å²) in [7, 11) is -6.23. The summed E-state index contributed by atoms with van der Waals surface area (Å²) in [6.07, 6.45) is 5.94. The summed E-state index contributed by atoms with van der Waals surface area (Å²) in [4.78, 5) is 12.9. The minimum absolute atomic E-state index is 0. The van der Waals surface area contributed by atoms with Crippen LogP contribution in [0.3, 0.4) is 0 Å². The predicted octanol–water partition coefficient (Wildman–Crippen LogP) is 9.54. The molecule has 70 heavy (non-hydrogen) atoms. The number of benzene rings is 9. The van der Waals surface area contributed by atoms with E-state index in [1.165, 1.54) is 62.4 Å². The van der Waals surface area contributed by atoms with E-state index >= 15 is 0 Å². The van der Waals surface area contributed by atoms with Gasteiger partial charge in [-0.15, -0.1) is 46.2 Å². The number of pyridine rings is 2. The van der Waals surface area contributed by atoms with Crippen molar-refractivity contribution in [1.29, 1.82) is 0 Å². The Morgan fingerprint density at radius 1 is 0.471 bits per heavy atom. The maximum absolute atomic E-state index is 5.47. The monoisotopic (exact) mass is 1120 g/mol. The molecule has 0 unspecified atom stereocenters. The molecular formula is C62H40N4PtSSi2. The maximum Gasteiger partial charge on any atom is 2.00 e.